The number of fused-ring (bicyclic) bond motifs is 1. The second-order valence-electron chi connectivity index (χ2n) is 6.05. The van der Waals surface area contributed by atoms with E-state index in [2.05, 4.69) is 35.8 Å². The van der Waals surface area contributed by atoms with Gasteiger partial charge < -0.3 is 10.6 Å². The van der Waals surface area contributed by atoms with Gasteiger partial charge in [0.15, 0.2) is 0 Å². The average Bonchev–Trinajstić information content (AvgIpc) is 2.70. The third kappa shape index (κ3) is 2.34. The van der Waals surface area contributed by atoms with E-state index in [1.807, 2.05) is 0 Å². The maximum atomic E-state index is 12.7. The van der Waals surface area contributed by atoms with Gasteiger partial charge in [-0.25, -0.2) is 0 Å². The minimum absolute atomic E-state index is 0.205. The number of amides is 1. The van der Waals surface area contributed by atoms with Crippen LogP contribution in [-0.2, 0) is 4.79 Å². The number of aryl methyl sites for hydroxylation is 1. The second-order valence-corrected chi connectivity index (χ2v) is 6.05. The van der Waals surface area contributed by atoms with Gasteiger partial charge in [0.2, 0.25) is 5.91 Å². The first-order valence-electron chi connectivity index (χ1n) is 7.36. The number of nitrogens with one attached hydrogen (secondary N) is 2. The van der Waals surface area contributed by atoms with E-state index in [-0.39, 0.29) is 11.3 Å². The number of hydrogen-bond donors (Lipinski definition) is 2. The summed E-state index contributed by atoms with van der Waals surface area (Å²) < 4.78 is 0. The van der Waals surface area contributed by atoms with E-state index in [9.17, 15) is 4.79 Å². The Bertz CT molecular complexity index is 488. The molecule has 1 fully saturated rings. The molecule has 0 atom stereocenters. The van der Waals surface area contributed by atoms with Crippen LogP contribution in [0.1, 0.15) is 44.1 Å². The Labute approximate surface area is 114 Å². The fourth-order valence-corrected chi connectivity index (χ4v) is 3.32. The Balaban J connectivity index is 1.91. The number of anilines is 2. The molecule has 1 aliphatic heterocycles. The molecule has 1 heterocycles. The zero-order valence-corrected chi connectivity index (χ0v) is 11.6. The smallest absolute Gasteiger partial charge is 0.232 e. The van der Waals surface area contributed by atoms with E-state index in [1.165, 1.54) is 31.2 Å². The lowest BCUT2D eigenvalue weighted by molar-refractivity contribution is -0.125. The number of benzene rings is 1. The van der Waals surface area contributed by atoms with Gasteiger partial charge in [-0.05, 0) is 37.5 Å². The van der Waals surface area contributed by atoms with Gasteiger partial charge in [0.1, 0.15) is 0 Å². The molecular weight excluding hydrogens is 236 g/mol. The van der Waals surface area contributed by atoms with E-state index in [1.54, 1.807) is 0 Å². The molecule has 1 aromatic carbocycles. The number of carbonyl (C=O) groups excluding carboxylic acids is 1. The summed E-state index contributed by atoms with van der Waals surface area (Å²) in [6, 6.07) is 6.21. The highest BCUT2D eigenvalue weighted by Gasteiger charge is 2.40. The molecule has 3 rings (SSSR count). The topological polar surface area (TPSA) is 41.1 Å². The lowest BCUT2D eigenvalue weighted by Crippen LogP contribution is -2.39. The molecule has 1 amide bonds. The number of rotatable bonds is 0. The van der Waals surface area contributed by atoms with E-state index in [0.717, 1.165) is 30.8 Å². The van der Waals surface area contributed by atoms with Crippen LogP contribution in [0, 0.1) is 12.3 Å². The van der Waals surface area contributed by atoms with Gasteiger partial charge in [0.05, 0.1) is 16.8 Å². The largest absolute Gasteiger partial charge is 0.382 e. The molecule has 3 heteroatoms. The molecule has 0 aromatic heterocycles. The maximum Gasteiger partial charge on any atom is 0.232 e. The van der Waals surface area contributed by atoms with Gasteiger partial charge in [-0.1, -0.05) is 31.7 Å². The molecule has 102 valence electrons. The van der Waals surface area contributed by atoms with Gasteiger partial charge in [0, 0.05) is 6.54 Å². The van der Waals surface area contributed by atoms with Gasteiger partial charge in [0.25, 0.3) is 0 Å². The molecule has 1 spiro atoms. The van der Waals surface area contributed by atoms with Gasteiger partial charge in [-0.2, -0.15) is 0 Å². The summed E-state index contributed by atoms with van der Waals surface area (Å²) in [6.07, 6.45) is 6.90. The van der Waals surface area contributed by atoms with Crippen LogP contribution in [0.4, 0.5) is 11.4 Å². The minimum atomic E-state index is -0.205. The Morgan fingerprint density at radius 2 is 1.79 bits per heavy atom. The summed E-state index contributed by atoms with van der Waals surface area (Å²) in [5, 5.41) is 6.64. The predicted octanol–water partition coefficient (Wildman–Crippen LogP) is 3.70. The van der Waals surface area contributed by atoms with Crippen molar-refractivity contribution in [1.82, 2.24) is 0 Å². The highest BCUT2D eigenvalue weighted by Crippen LogP contribution is 2.39. The Morgan fingerprint density at radius 1 is 1.05 bits per heavy atom. The van der Waals surface area contributed by atoms with Gasteiger partial charge in [-0.3, -0.25) is 4.79 Å². The van der Waals surface area contributed by atoms with Crippen molar-refractivity contribution in [3.05, 3.63) is 23.8 Å². The van der Waals surface area contributed by atoms with Crippen molar-refractivity contribution in [2.24, 2.45) is 5.41 Å². The van der Waals surface area contributed by atoms with Crippen LogP contribution in [0.3, 0.4) is 0 Å². The molecule has 1 saturated carbocycles. The van der Waals surface area contributed by atoms with Crippen LogP contribution >= 0.6 is 0 Å². The highest BCUT2D eigenvalue weighted by molar-refractivity contribution is 6.00. The SMILES string of the molecule is Cc1ccc2c(c1)NC(=O)C1(CCCCCC1)CN2. The fraction of sp³-hybridized carbons (Fsp3) is 0.562. The third-order valence-electron chi connectivity index (χ3n) is 4.58. The normalized spacial score (nSPS) is 21.8. The summed E-state index contributed by atoms with van der Waals surface area (Å²) >= 11 is 0. The fourth-order valence-electron chi connectivity index (χ4n) is 3.32. The molecule has 19 heavy (non-hydrogen) atoms. The zero-order valence-electron chi connectivity index (χ0n) is 11.6. The molecule has 2 aliphatic rings. The van der Waals surface area contributed by atoms with E-state index >= 15 is 0 Å². The molecule has 0 unspecified atom stereocenters. The Hall–Kier alpha value is -1.51. The first-order valence-corrected chi connectivity index (χ1v) is 7.36. The van der Waals surface area contributed by atoms with Crippen LogP contribution < -0.4 is 10.6 Å². The standard InChI is InChI=1S/C16H22N2O/c1-12-6-7-13-14(10-12)18-15(19)16(11-17-13)8-4-2-3-5-9-16/h6-7,10,17H,2-5,8-9,11H2,1H3,(H,18,19). The summed E-state index contributed by atoms with van der Waals surface area (Å²) in [5.74, 6) is 0.214. The lowest BCUT2D eigenvalue weighted by atomic mass is 9.79. The van der Waals surface area contributed by atoms with Gasteiger partial charge in [-0.15, -0.1) is 0 Å². The second kappa shape index (κ2) is 4.87. The first-order chi connectivity index (χ1) is 9.20. The zero-order chi connectivity index (χ0) is 13.3. The van der Waals surface area contributed by atoms with Crippen molar-refractivity contribution in [1.29, 1.82) is 0 Å². The quantitative estimate of drug-likeness (QED) is 0.745. The van der Waals surface area contributed by atoms with Crippen molar-refractivity contribution in [3.8, 4) is 0 Å². The minimum Gasteiger partial charge on any atom is -0.382 e. The van der Waals surface area contributed by atoms with E-state index in [4.69, 9.17) is 0 Å². The molecule has 2 N–H and O–H groups in total. The Kier molecular flexibility index (Phi) is 3.21. The van der Waals surface area contributed by atoms with Crippen molar-refractivity contribution < 1.29 is 4.79 Å². The van der Waals surface area contributed by atoms with Crippen LogP contribution in [-0.4, -0.2) is 12.5 Å². The summed E-state index contributed by atoms with van der Waals surface area (Å²) in [4.78, 5) is 12.7. The predicted molar refractivity (Wildman–Crippen MR) is 78.4 cm³/mol. The first kappa shape index (κ1) is 12.5. The number of hydrogen-bond acceptors (Lipinski definition) is 2. The molecule has 0 radical (unpaired) electrons. The highest BCUT2D eigenvalue weighted by atomic mass is 16.2. The van der Waals surface area contributed by atoms with Crippen LogP contribution in [0.5, 0.6) is 0 Å². The Morgan fingerprint density at radius 3 is 2.53 bits per heavy atom. The van der Waals surface area contributed by atoms with Crippen molar-refractivity contribution >= 4 is 17.3 Å². The average molecular weight is 258 g/mol. The maximum absolute atomic E-state index is 12.7. The lowest BCUT2D eigenvalue weighted by Gasteiger charge is -2.29. The van der Waals surface area contributed by atoms with E-state index in [0.29, 0.717) is 0 Å². The van der Waals surface area contributed by atoms with Crippen molar-refractivity contribution in [2.45, 2.75) is 45.4 Å². The van der Waals surface area contributed by atoms with Crippen LogP contribution in [0.15, 0.2) is 18.2 Å². The summed E-state index contributed by atoms with van der Waals surface area (Å²) in [6.45, 7) is 2.83. The van der Waals surface area contributed by atoms with Crippen LogP contribution in [0.25, 0.3) is 0 Å². The van der Waals surface area contributed by atoms with Crippen molar-refractivity contribution in [2.75, 3.05) is 17.2 Å². The van der Waals surface area contributed by atoms with Crippen molar-refractivity contribution in [3.63, 3.8) is 0 Å². The number of carbonyl (C=O) groups is 1. The molecular formula is C16H22N2O. The van der Waals surface area contributed by atoms with Gasteiger partial charge >= 0.3 is 0 Å². The summed E-state index contributed by atoms with van der Waals surface area (Å²) in [7, 11) is 0. The molecule has 0 saturated heterocycles. The van der Waals surface area contributed by atoms with Crippen LogP contribution in [0.2, 0.25) is 0 Å². The molecule has 0 bridgehead atoms. The molecule has 1 aromatic rings. The molecule has 1 aliphatic carbocycles. The summed E-state index contributed by atoms with van der Waals surface area (Å²) in [5.41, 5.74) is 2.97. The third-order valence-corrected chi connectivity index (χ3v) is 4.58. The van der Waals surface area contributed by atoms with E-state index < -0.39 is 0 Å². The monoisotopic (exact) mass is 258 g/mol. The molecule has 3 nitrogen and oxygen atoms in total.